The zero-order chi connectivity index (χ0) is 21.3. The molecule has 1 aromatic heterocycles. The Morgan fingerprint density at radius 1 is 1.00 bits per heavy atom. The van der Waals surface area contributed by atoms with Crippen molar-refractivity contribution in [1.29, 1.82) is 0 Å². The van der Waals surface area contributed by atoms with Crippen LogP contribution in [0.2, 0.25) is 0 Å². The lowest BCUT2D eigenvalue weighted by atomic mass is 9.98. The first kappa shape index (κ1) is 19.9. The molecule has 0 unspecified atom stereocenters. The molecule has 3 heterocycles. The quantitative estimate of drug-likeness (QED) is 0.587. The third kappa shape index (κ3) is 3.99. The van der Waals surface area contributed by atoms with E-state index in [1.54, 1.807) is 10.8 Å². The van der Waals surface area contributed by atoms with Gasteiger partial charge in [0.1, 0.15) is 11.7 Å². The molecule has 2 aliphatic rings. The largest absolute Gasteiger partial charge is 0.453 e. The van der Waals surface area contributed by atoms with Gasteiger partial charge in [-0.3, -0.25) is 9.36 Å². The molecule has 1 saturated heterocycles. The highest BCUT2D eigenvalue weighted by Crippen LogP contribution is 2.45. The highest BCUT2D eigenvalue weighted by molar-refractivity contribution is 5.18. The number of rotatable bonds is 7. The summed E-state index contributed by atoms with van der Waals surface area (Å²) in [6.07, 6.45) is 0.114. The van der Waals surface area contributed by atoms with Gasteiger partial charge in [0.15, 0.2) is 12.3 Å². The Morgan fingerprint density at radius 3 is 2.39 bits per heavy atom. The van der Waals surface area contributed by atoms with E-state index in [1.807, 2.05) is 60.7 Å². The van der Waals surface area contributed by atoms with E-state index in [1.165, 1.54) is 6.07 Å². The van der Waals surface area contributed by atoms with Gasteiger partial charge in [0.05, 0.1) is 19.8 Å². The Balaban J connectivity index is 1.35. The molecule has 0 aliphatic carbocycles. The first-order valence-electron chi connectivity index (χ1n) is 10.2. The number of ether oxygens (including phenoxy) is 4. The van der Waals surface area contributed by atoms with Crippen LogP contribution in [0.15, 0.2) is 77.7 Å². The zero-order valence-electron chi connectivity index (χ0n) is 16.9. The number of hydrogen-bond acceptors (Lipinski definition) is 6. The maximum atomic E-state index is 11.6. The summed E-state index contributed by atoms with van der Waals surface area (Å²) in [5, 5.41) is 0. The lowest BCUT2D eigenvalue weighted by Crippen LogP contribution is -2.47. The first-order valence-corrected chi connectivity index (χ1v) is 10.2. The van der Waals surface area contributed by atoms with E-state index < -0.39 is 24.0 Å². The third-order valence-electron chi connectivity index (χ3n) is 5.50. The maximum Gasteiger partial charge on any atom is 0.302 e. The fourth-order valence-corrected chi connectivity index (χ4v) is 4.00. The maximum absolute atomic E-state index is 11.6. The van der Waals surface area contributed by atoms with Crippen molar-refractivity contribution in [2.24, 2.45) is 0 Å². The van der Waals surface area contributed by atoms with Crippen LogP contribution in [-0.2, 0) is 27.4 Å². The van der Waals surface area contributed by atoms with Crippen molar-refractivity contribution >= 4 is 0 Å². The van der Waals surface area contributed by atoms with Crippen LogP contribution in [0.5, 0.6) is 6.01 Å². The number of nitrogens with zero attached hydrogens (tertiary/aromatic N) is 2. The van der Waals surface area contributed by atoms with Gasteiger partial charge in [-0.15, -0.1) is 0 Å². The molecule has 7 nitrogen and oxygen atoms in total. The Kier molecular flexibility index (Phi) is 5.31. The minimum absolute atomic E-state index is 0.223. The predicted octanol–water partition coefficient (Wildman–Crippen LogP) is 2.91. The van der Waals surface area contributed by atoms with E-state index in [0.29, 0.717) is 13.2 Å². The van der Waals surface area contributed by atoms with Crippen LogP contribution in [0.1, 0.15) is 17.4 Å². The fraction of sp³-hybridized carbons (Fsp3) is 0.292. The molecule has 0 bridgehead atoms. The minimum atomic E-state index is -0.986. The molecule has 5 rings (SSSR count). The SMILES string of the molecule is [CH2][C@@]1(COCc2ccccc2)O[C@@H]2[C@@H](Oc3nc(=O)ccn32)[C@@H]1OCc1ccccc1. The molecule has 4 atom stereocenters. The van der Waals surface area contributed by atoms with Crippen LogP contribution in [0.3, 0.4) is 0 Å². The van der Waals surface area contributed by atoms with Crippen LogP contribution < -0.4 is 10.3 Å². The number of hydrogen-bond donors (Lipinski definition) is 0. The molecule has 1 fully saturated rings. The summed E-state index contributed by atoms with van der Waals surface area (Å²) < 4.78 is 26.2. The molecule has 0 N–H and O–H groups in total. The molecule has 1 radical (unpaired) electrons. The first-order chi connectivity index (χ1) is 15.1. The highest BCUT2D eigenvalue weighted by Gasteiger charge is 2.59. The third-order valence-corrected chi connectivity index (χ3v) is 5.50. The van der Waals surface area contributed by atoms with Crippen LogP contribution >= 0.6 is 0 Å². The van der Waals surface area contributed by atoms with Gasteiger partial charge in [-0.05, 0) is 18.1 Å². The molecule has 2 aliphatic heterocycles. The van der Waals surface area contributed by atoms with Gasteiger partial charge in [0, 0.05) is 12.3 Å². The summed E-state index contributed by atoms with van der Waals surface area (Å²) in [5.41, 5.74) is 0.746. The van der Waals surface area contributed by atoms with Crippen molar-refractivity contribution < 1.29 is 18.9 Å². The van der Waals surface area contributed by atoms with E-state index in [2.05, 4.69) is 11.9 Å². The van der Waals surface area contributed by atoms with Gasteiger partial charge < -0.3 is 18.9 Å². The van der Waals surface area contributed by atoms with Gasteiger partial charge in [-0.25, -0.2) is 0 Å². The molecule has 0 spiro atoms. The number of fused-ring (bicyclic) bond motifs is 3. The van der Waals surface area contributed by atoms with E-state index in [-0.39, 0.29) is 18.2 Å². The van der Waals surface area contributed by atoms with Crippen molar-refractivity contribution in [3.63, 3.8) is 0 Å². The summed E-state index contributed by atoms with van der Waals surface area (Å²) in [6, 6.07) is 21.4. The molecule has 3 aromatic rings. The lowest BCUT2D eigenvalue weighted by molar-refractivity contribution is -0.133. The van der Waals surface area contributed by atoms with Crippen molar-refractivity contribution in [3.8, 4) is 6.01 Å². The predicted molar refractivity (Wildman–Crippen MR) is 112 cm³/mol. The highest BCUT2D eigenvalue weighted by atomic mass is 16.7. The van der Waals surface area contributed by atoms with Crippen molar-refractivity contribution in [3.05, 3.63) is 101 Å². The van der Waals surface area contributed by atoms with E-state index in [9.17, 15) is 4.79 Å². The number of aromatic nitrogens is 2. The smallest absolute Gasteiger partial charge is 0.302 e. The molecular weight excluding hydrogens is 396 g/mol. The lowest BCUT2D eigenvalue weighted by Gasteiger charge is -2.31. The van der Waals surface area contributed by atoms with E-state index >= 15 is 0 Å². The second kappa shape index (κ2) is 8.26. The molecule has 0 saturated carbocycles. The molecule has 0 amide bonds. The van der Waals surface area contributed by atoms with E-state index in [4.69, 9.17) is 18.9 Å². The van der Waals surface area contributed by atoms with Crippen LogP contribution in [0, 0.1) is 6.92 Å². The second-order valence-electron chi connectivity index (χ2n) is 7.81. The Bertz CT molecular complexity index is 1090. The Hall–Kier alpha value is -3.00. The van der Waals surface area contributed by atoms with Crippen LogP contribution in [-0.4, -0.2) is 34.0 Å². The Morgan fingerprint density at radius 2 is 1.68 bits per heavy atom. The topological polar surface area (TPSA) is 71.8 Å². The average molecular weight is 419 g/mol. The molecular formula is C24H23N2O5. The summed E-state index contributed by atoms with van der Waals surface area (Å²) in [7, 11) is 0. The molecule has 31 heavy (non-hydrogen) atoms. The standard InChI is InChI=1S/C24H23N2O5/c1-24(16-28-14-17-8-4-2-5-9-17)21(29-15-18-10-6-3-7-11-18)20-22(31-24)26-13-12-19(27)25-23(26)30-20/h2-13,20-22H,1,14-16H2/t20-,21-,22+,24-/m0/s1. The molecule has 2 aromatic carbocycles. The van der Waals surface area contributed by atoms with Crippen molar-refractivity contribution in [2.45, 2.75) is 37.3 Å². The van der Waals surface area contributed by atoms with Gasteiger partial charge >= 0.3 is 6.01 Å². The fourth-order valence-electron chi connectivity index (χ4n) is 4.00. The van der Waals surface area contributed by atoms with Crippen molar-refractivity contribution in [2.75, 3.05) is 6.61 Å². The summed E-state index contributed by atoms with van der Waals surface area (Å²) in [5.74, 6) is 0. The monoisotopic (exact) mass is 419 g/mol. The van der Waals surface area contributed by atoms with Crippen LogP contribution in [0.4, 0.5) is 0 Å². The van der Waals surface area contributed by atoms with Gasteiger partial charge in [0.25, 0.3) is 5.56 Å². The zero-order valence-corrected chi connectivity index (χ0v) is 16.9. The van der Waals surface area contributed by atoms with Gasteiger partial charge in [-0.2, -0.15) is 4.98 Å². The van der Waals surface area contributed by atoms with Crippen molar-refractivity contribution in [1.82, 2.24) is 9.55 Å². The van der Waals surface area contributed by atoms with Crippen LogP contribution in [0.25, 0.3) is 0 Å². The Labute approximate surface area is 180 Å². The normalized spacial score (nSPS) is 26.3. The van der Waals surface area contributed by atoms with Gasteiger partial charge in [0.2, 0.25) is 0 Å². The number of benzene rings is 2. The minimum Gasteiger partial charge on any atom is -0.453 e. The summed E-state index contributed by atoms with van der Waals surface area (Å²) in [4.78, 5) is 15.6. The second-order valence-corrected chi connectivity index (χ2v) is 7.81. The molecule has 7 heteroatoms. The summed E-state index contributed by atoms with van der Waals surface area (Å²) in [6.45, 7) is 5.35. The summed E-state index contributed by atoms with van der Waals surface area (Å²) >= 11 is 0. The molecule has 159 valence electrons. The van der Waals surface area contributed by atoms with Gasteiger partial charge in [-0.1, -0.05) is 60.7 Å². The average Bonchev–Trinajstić information content (AvgIpc) is 3.25. The van der Waals surface area contributed by atoms with E-state index in [0.717, 1.165) is 11.1 Å².